The van der Waals surface area contributed by atoms with Gasteiger partial charge < -0.3 is 0 Å². The van der Waals surface area contributed by atoms with Gasteiger partial charge in [-0.1, -0.05) is 24.9 Å². The van der Waals surface area contributed by atoms with Gasteiger partial charge in [0.1, 0.15) is 0 Å². The molecule has 3 aliphatic rings. The van der Waals surface area contributed by atoms with E-state index in [1.54, 1.807) is 24.9 Å². The van der Waals surface area contributed by atoms with E-state index in [4.69, 9.17) is 0 Å². The number of hydrogen-bond donors (Lipinski definition) is 0. The maximum absolute atomic E-state index is 2.45. The minimum atomic E-state index is 0.472. The summed E-state index contributed by atoms with van der Waals surface area (Å²) in [6, 6.07) is 34.5. The molecule has 2 aliphatic carbocycles. The summed E-state index contributed by atoms with van der Waals surface area (Å²) >= 11 is 1.87. The zero-order valence-corrected chi connectivity index (χ0v) is 25.3. The molecule has 1 heterocycles. The molecule has 0 nitrogen and oxygen atoms in total. The van der Waals surface area contributed by atoms with Crippen LogP contribution in [0.4, 0.5) is 0 Å². The average molecular weight is 529 g/mol. The van der Waals surface area contributed by atoms with Crippen LogP contribution in [0.5, 0.6) is 0 Å². The predicted octanol–water partition coefficient (Wildman–Crippen LogP) is 9.33. The van der Waals surface area contributed by atoms with Crippen LogP contribution in [-0.2, 0) is 24.4 Å². The molecular weight excluding hydrogens is 493 g/mol. The van der Waals surface area contributed by atoms with Crippen molar-refractivity contribution in [2.24, 2.45) is 0 Å². The Morgan fingerprint density at radius 1 is 0.676 bits per heavy atom. The van der Waals surface area contributed by atoms with E-state index in [1.165, 1.54) is 55.3 Å². The van der Waals surface area contributed by atoms with Crippen molar-refractivity contribution in [2.75, 3.05) is 0 Å². The number of allylic oxidation sites excluding steroid dienone is 2. The van der Waals surface area contributed by atoms with Crippen molar-refractivity contribution in [3.05, 3.63) is 118 Å². The molecule has 182 valence electrons. The molecule has 0 N–H and O–H groups in total. The van der Waals surface area contributed by atoms with Gasteiger partial charge >= 0.3 is 206 Å². The van der Waals surface area contributed by atoms with Crippen LogP contribution in [0.25, 0.3) is 34.1 Å². The second-order valence-electron chi connectivity index (χ2n) is 11.0. The van der Waals surface area contributed by atoms with E-state index in [1.807, 2.05) is 24.4 Å². The third-order valence-corrected chi connectivity index (χ3v) is 11.8. The van der Waals surface area contributed by atoms with Crippen LogP contribution in [0.3, 0.4) is 0 Å². The molecule has 1 aliphatic heterocycles. The first kappa shape index (κ1) is 25.0. The first-order valence-electron chi connectivity index (χ1n) is 14.0. The van der Waals surface area contributed by atoms with E-state index >= 15 is 0 Å². The zero-order valence-electron chi connectivity index (χ0n) is 22.1. The second kappa shape index (κ2) is 10.8. The fourth-order valence-corrected chi connectivity index (χ4v) is 10.2. The number of hydrogen-bond acceptors (Lipinski definition) is 0. The van der Waals surface area contributed by atoms with Crippen LogP contribution >= 0.6 is 0 Å². The first-order chi connectivity index (χ1) is 18.1. The third kappa shape index (κ3) is 4.72. The van der Waals surface area contributed by atoms with E-state index in [9.17, 15) is 0 Å². The Kier molecular flexibility index (Phi) is 7.32. The summed E-state index contributed by atoms with van der Waals surface area (Å²) in [4.78, 5) is 0. The van der Waals surface area contributed by atoms with Crippen molar-refractivity contribution >= 4 is 32.4 Å². The molecule has 0 spiro atoms. The van der Waals surface area contributed by atoms with Gasteiger partial charge in [-0.15, -0.1) is 0 Å². The fourth-order valence-electron chi connectivity index (χ4n) is 6.85. The molecule has 1 fully saturated rings. The summed E-state index contributed by atoms with van der Waals surface area (Å²) in [5.74, 6) is 0.953. The quantitative estimate of drug-likeness (QED) is 0.232. The van der Waals surface area contributed by atoms with Gasteiger partial charge in [0.2, 0.25) is 0 Å². The predicted molar refractivity (Wildman–Crippen MR) is 160 cm³/mol. The van der Waals surface area contributed by atoms with Crippen LogP contribution in [0.1, 0.15) is 60.8 Å². The molecule has 4 aromatic rings. The molecule has 7 rings (SSSR count). The Balaban J connectivity index is 0.000000453. The van der Waals surface area contributed by atoms with Crippen molar-refractivity contribution in [2.45, 2.75) is 54.3 Å². The third-order valence-electron chi connectivity index (χ3n) is 8.64. The number of benzene rings is 4. The fraction of sp³-hybridized carbons (Fsp3) is 0.257. The van der Waals surface area contributed by atoms with Gasteiger partial charge in [-0.05, 0) is 0 Å². The van der Waals surface area contributed by atoms with Gasteiger partial charge in [-0.2, -0.15) is 0 Å². The van der Waals surface area contributed by atoms with Crippen LogP contribution in [0.2, 0.25) is 15.8 Å². The van der Waals surface area contributed by atoms with E-state index in [0.29, 0.717) is 25.0 Å². The Hall–Kier alpha value is -2.29. The molecule has 0 amide bonds. The summed E-state index contributed by atoms with van der Waals surface area (Å²) in [6.45, 7) is 4.67. The van der Waals surface area contributed by atoms with Gasteiger partial charge in [0.25, 0.3) is 0 Å². The summed E-state index contributed by atoms with van der Waals surface area (Å²) in [6.07, 6.45) is 8.02. The molecule has 4 aromatic carbocycles. The molecular formula is C35H35ScSi. The zero-order chi connectivity index (χ0) is 25.4. The van der Waals surface area contributed by atoms with Gasteiger partial charge in [-0.3, -0.25) is 0 Å². The van der Waals surface area contributed by atoms with Crippen molar-refractivity contribution in [3.8, 4) is 11.1 Å². The monoisotopic (exact) mass is 528 g/mol. The summed E-state index contributed by atoms with van der Waals surface area (Å²) in [5, 5.41) is 2.72. The number of rotatable bonds is 3. The summed E-state index contributed by atoms with van der Waals surface area (Å²) in [7, 11) is 0.543. The van der Waals surface area contributed by atoms with Crippen LogP contribution < -0.4 is 0 Å². The topological polar surface area (TPSA) is 0 Å². The van der Waals surface area contributed by atoms with Crippen LogP contribution in [-0.4, -0.2) is 9.52 Å². The van der Waals surface area contributed by atoms with Crippen molar-refractivity contribution in [1.82, 2.24) is 0 Å². The normalized spacial score (nSPS) is 20.5. The van der Waals surface area contributed by atoms with Crippen LogP contribution in [0.15, 0.2) is 96.1 Å². The average Bonchev–Trinajstić information content (AvgIpc) is 3.68. The standard InChI is InChI=1S/C31H25.C4H10Si.Sc/c1-20-17-30-25(22-9-4-3-5-10-22)13-8-14-26(30)28(20)19-29-21(2)18-31-24-12-7-6-11-23(24)15-16-27(29)31;1-2-4-5-3-1;/h3-19,28-29H,1-2H3;1-5H2;. The van der Waals surface area contributed by atoms with E-state index < -0.39 is 0 Å². The molecule has 2 heteroatoms. The molecule has 1 saturated heterocycles. The molecule has 0 aromatic heterocycles. The Morgan fingerprint density at radius 3 is 2.03 bits per heavy atom. The first-order valence-corrected chi connectivity index (χ1v) is 17.0. The van der Waals surface area contributed by atoms with E-state index in [-0.39, 0.29) is 0 Å². The Labute approximate surface area is 239 Å². The van der Waals surface area contributed by atoms with Gasteiger partial charge in [0.15, 0.2) is 0 Å². The van der Waals surface area contributed by atoms with Crippen molar-refractivity contribution in [3.63, 3.8) is 0 Å². The molecule has 0 saturated carbocycles. The van der Waals surface area contributed by atoms with E-state index in [2.05, 4.69) is 111 Å². The molecule has 0 radical (unpaired) electrons. The second-order valence-corrected chi connectivity index (χ2v) is 14.4. The van der Waals surface area contributed by atoms with Gasteiger partial charge in [0.05, 0.1) is 0 Å². The number of fused-ring (bicyclic) bond motifs is 4. The van der Waals surface area contributed by atoms with Crippen molar-refractivity contribution < 1.29 is 24.4 Å². The Bertz CT molecular complexity index is 1490. The van der Waals surface area contributed by atoms with Crippen LogP contribution in [0, 0.1) is 0 Å². The molecule has 3 unspecified atom stereocenters. The van der Waals surface area contributed by atoms with Gasteiger partial charge in [0, 0.05) is 9.52 Å². The molecule has 3 atom stereocenters. The molecule has 0 bridgehead atoms. The summed E-state index contributed by atoms with van der Waals surface area (Å²) in [5.41, 5.74) is 11.5. The Morgan fingerprint density at radius 2 is 1.32 bits per heavy atom. The SMILES string of the molecule is C1CC[SiH2]C1.CC1=Cc2c(-c3ccccc3)cccc2C1[CH]([Sc])C1C(C)=Cc2c1ccc1ccccc21. The maximum atomic E-state index is 2.45. The minimum absolute atomic E-state index is 0.472. The molecule has 37 heavy (non-hydrogen) atoms. The van der Waals surface area contributed by atoms with Gasteiger partial charge in [-0.25, -0.2) is 0 Å². The summed E-state index contributed by atoms with van der Waals surface area (Å²) < 4.78 is 0.560. The van der Waals surface area contributed by atoms with Crippen molar-refractivity contribution in [1.29, 1.82) is 0 Å². The van der Waals surface area contributed by atoms with E-state index in [0.717, 1.165) is 0 Å².